The number of ether oxygens (including phenoxy) is 2. The van der Waals surface area contributed by atoms with Gasteiger partial charge in [-0.1, -0.05) is 30.3 Å². The van der Waals surface area contributed by atoms with Crippen LogP contribution in [-0.2, 0) is 13.0 Å². The fraction of sp³-hybridized carbons (Fsp3) is 0.458. The Hall–Kier alpha value is -2.33. The quantitative estimate of drug-likeness (QED) is 0.746. The third kappa shape index (κ3) is 3.93. The monoisotopic (exact) mass is 380 g/mol. The fourth-order valence-electron chi connectivity index (χ4n) is 4.48. The van der Waals surface area contributed by atoms with E-state index in [1.165, 1.54) is 5.56 Å². The maximum absolute atomic E-state index is 13.1. The van der Waals surface area contributed by atoms with Crippen molar-refractivity contribution in [3.05, 3.63) is 59.2 Å². The Labute approximate surface area is 168 Å². The highest BCUT2D eigenvalue weighted by atomic mass is 16.5. The average molecular weight is 381 g/mol. The molecule has 0 bridgehead atoms. The molecular formula is C24H29NO3. The second-order valence-corrected chi connectivity index (χ2v) is 7.88. The molecule has 2 aliphatic rings. The van der Waals surface area contributed by atoms with E-state index in [2.05, 4.69) is 29.2 Å². The zero-order valence-electron chi connectivity index (χ0n) is 17.7. The lowest BCUT2D eigenvalue weighted by molar-refractivity contribution is 0.0895. The van der Waals surface area contributed by atoms with Gasteiger partial charge in [0.25, 0.3) is 0 Å². The van der Waals surface area contributed by atoms with E-state index < -0.39 is 5.89 Å². The molecule has 1 saturated heterocycles. The summed E-state index contributed by atoms with van der Waals surface area (Å²) in [5.74, 6) is 0.462. The van der Waals surface area contributed by atoms with Crippen LogP contribution >= 0.6 is 0 Å². The van der Waals surface area contributed by atoms with Crippen molar-refractivity contribution < 1.29 is 15.6 Å². The summed E-state index contributed by atoms with van der Waals surface area (Å²) in [6, 6.07) is 14.2. The molecule has 1 aliphatic carbocycles. The van der Waals surface area contributed by atoms with Crippen molar-refractivity contribution in [1.29, 1.82) is 0 Å². The zero-order valence-corrected chi connectivity index (χ0v) is 16.7. The summed E-state index contributed by atoms with van der Waals surface area (Å²) in [7, 11) is 3.17. The van der Waals surface area contributed by atoms with Crippen molar-refractivity contribution in [2.24, 2.45) is 11.8 Å². The molecule has 4 heteroatoms. The summed E-state index contributed by atoms with van der Waals surface area (Å²) in [5.41, 5.74) is 2.87. The minimum Gasteiger partial charge on any atom is -0.493 e. The third-order valence-electron chi connectivity index (χ3n) is 6.07. The van der Waals surface area contributed by atoms with E-state index in [1.54, 1.807) is 20.3 Å². The molecule has 28 heavy (non-hydrogen) atoms. The van der Waals surface area contributed by atoms with Gasteiger partial charge in [0.1, 0.15) is 0 Å². The topological polar surface area (TPSA) is 38.8 Å². The van der Waals surface area contributed by atoms with E-state index in [9.17, 15) is 4.79 Å². The van der Waals surface area contributed by atoms with E-state index in [-0.39, 0.29) is 5.78 Å². The summed E-state index contributed by atoms with van der Waals surface area (Å²) in [4.78, 5) is 15.5. The second kappa shape index (κ2) is 8.36. The van der Waals surface area contributed by atoms with Crippen molar-refractivity contribution in [1.82, 2.24) is 4.90 Å². The molecule has 1 heterocycles. The number of carbonyl (C=O) groups is 1. The van der Waals surface area contributed by atoms with Crippen LogP contribution in [0, 0.1) is 11.8 Å². The molecule has 0 N–H and O–H groups in total. The van der Waals surface area contributed by atoms with Crippen LogP contribution < -0.4 is 9.47 Å². The van der Waals surface area contributed by atoms with Gasteiger partial charge in [0.15, 0.2) is 17.3 Å². The van der Waals surface area contributed by atoms with Crippen molar-refractivity contribution in [3.8, 4) is 11.5 Å². The molecule has 0 saturated carbocycles. The molecular weight excluding hydrogens is 350 g/mol. The minimum absolute atomic E-state index is 0.0693. The van der Waals surface area contributed by atoms with Crippen LogP contribution in [0.3, 0.4) is 0 Å². The van der Waals surface area contributed by atoms with Gasteiger partial charge in [0.2, 0.25) is 0 Å². The molecule has 1 atom stereocenters. The summed E-state index contributed by atoms with van der Waals surface area (Å²) in [6.07, 6.45) is 3.18. The largest absolute Gasteiger partial charge is 0.493 e. The number of Topliss-reactive ketones (excluding diaryl/α,β-unsaturated/α-hetero) is 1. The van der Waals surface area contributed by atoms with E-state index >= 15 is 0 Å². The summed E-state index contributed by atoms with van der Waals surface area (Å²) < 4.78 is 19.7. The van der Waals surface area contributed by atoms with Crippen molar-refractivity contribution >= 4 is 5.78 Å². The van der Waals surface area contributed by atoms with Crippen molar-refractivity contribution in [2.45, 2.75) is 32.2 Å². The number of hydrogen-bond acceptors (Lipinski definition) is 4. The van der Waals surface area contributed by atoms with Gasteiger partial charge in [0.05, 0.1) is 14.2 Å². The van der Waals surface area contributed by atoms with Crippen molar-refractivity contribution in [2.75, 3.05) is 27.3 Å². The number of piperidine rings is 1. The first-order valence-corrected chi connectivity index (χ1v) is 10.1. The number of benzene rings is 2. The first-order chi connectivity index (χ1) is 14.0. The van der Waals surface area contributed by atoms with Crippen LogP contribution in [0.5, 0.6) is 11.5 Å². The first kappa shape index (κ1) is 17.7. The number of methoxy groups -OCH3 is 2. The van der Waals surface area contributed by atoms with Crippen LogP contribution in [0.2, 0.25) is 0 Å². The smallest absolute Gasteiger partial charge is 0.166 e. The fourth-order valence-corrected chi connectivity index (χ4v) is 4.48. The lowest BCUT2D eigenvalue weighted by atomic mass is 9.85. The molecule has 1 aliphatic heterocycles. The summed E-state index contributed by atoms with van der Waals surface area (Å²) in [6.45, 7) is 3.03. The van der Waals surface area contributed by atoms with Gasteiger partial charge in [0, 0.05) is 19.4 Å². The molecule has 0 aromatic heterocycles. The van der Waals surface area contributed by atoms with Crippen molar-refractivity contribution in [3.63, 3.8) is 0 Å². The Morgan fingerprint density at radius 1 is 1.07 bits per heavy atom. The molecule has 4 nitrogen and oxygen atoms in total. The molecule has 0 radical (unpaired) electrons. The molecule has 2 aromatic rings. The third-order valence-corrected chi connectivity index (χ3v) is 6.07. The van der Waals surface area contributed by atoms with Gasteiger partial charge in [-0.15, -0.1) is 0 Å². The summed E-state index contributed by atoms with van der Waals surface area (Å²) in [5, 5.41) is 0. The second-order valence-electron chi connectivity index (χ2n) is 7.88. The van der Waals surface area contributed by atoms with Gasteiger partial charge in [-0.05, 0) is 68.0 Å². The average Bonchev–Trinajstić information content (AvgIpc) is 2.98. The van der Waals surface area contributed by atoms with E-state index in [0.717, 1.165) is 38.0 Å². The number of fused-ring (bicyclic) bond motifs is 1. The molecule has 2 aromatic carbocycles. The molecule has 4 rings (SSSR count). The number of ketones is 1. The highest BCUT2D eigenvalue weighted by Gasteiger charge is 2.34. The van der Waals surface area contributed by atoms with Crippen LogP contribution in [0.4, 0.5) is 0 Å². The predicted octanol–water partition coefficient (Wildman–Crippen LogP) is 4.36. The van der Waals surface area contributed by atoms with Crippen LogP contribution in [-0.4, -0.2) is 38.0 Å². The number of rotatable bonds is 6. The Bertz CT molecular complexity index is 877. The van der Waals surface area contributed by atoms with Gasteiger partial charge in [-0.3, -0.25) is 9.69 Å². The number of likely N-dealkylation sites (tertiary alicyclic amines) is 1. The SMILES string of the molecule is [2H][C@]1(CC2CCN(Cc3ccccc3)CC2)Cc2cc(OC)c(OC)cc2C1=O. The van der Waals surface area contributed by atoms with Crippen LogP contribution in [0.1, 0.15) is 42.1 Å². The minimum atomic E-state index is -1.06. The lowest BCUT2D eigenvalue weighted by Crippen LogP contribution is -2.34. The molecule has 0 spiro atoms. The maximum atomic E-state index is 13.1. The van der Waals surface area contributed by atoms with Gasteiger partial charge in [-0.2, -0.15) is 0 Å². The first-order valence-electron chi connectivity index (χ1n) is 10.6. The Balaban J connectivity index is 1.39. The van der Waals surface area contributed by atoms with Crippen LogP contribution in [0.25, 0.3) is 0 Å². The lowest BCUT2D eigenvalue weighted by Gasteiger charge is -2.32. The normalized spacial score (nSPS) is 23.4. The molecule has 0 amide bonds. The van der Waals surface area contributed by atoms with Gasteiger partial charge >= 0.3 is 0 Å². The Morgan fingerprint density at radius 2 is 1.75 bits per heavy atom. The summed E-state index contributed by atoms with van der Waals surface area (Å²) >= 11 is 0. The molecule has 0 unspecified atom stereocenters. The number of nitrogens with zero attached hydrogens (tertiary/aromatic N) is 1. The predicted molar refractivity (Wildman–Crippen MR) is 110 cm³/mol. The maximum Gasteiger partial charge on any atom is 0.166 e. The standard InChI is InChI=1S/C24H29NO3/c1-27-22-14-19-13-20(24(26)21(19)15-23(22)28-2)12-17-8-10-25(11-9-17)16-18-6-4-3-5-7-18/h3-7,14-15,17,20H,8-13,16H2,1-2H3/t20-/m0/s1/i20D. The van der Waals surface area contributed by atoms with Gasteiger partial charge < -0.3 is 9.47 Å². The van der Waals surface area contributed by atoms with E-state index in [4.69, 9.17) is 10.8 Å². The Kier molecular flexibility index (Phi) is 5.30. The molecule has 148 valence electrons. The van der Waals surface area contributed by atoms with Gasteiger partial charge in [-0.25, -0.2) is 0 Å². The zero-order chi connectivity index (χ0) is 20.4. The highest BCUT2D eigenvalue weighted by Crippen LogP contribution is 2.39. The number of hydrogen-bond donors (Lipinski definition) is 0. The molecule has 1 fully saturated rings. The van der Waals surface area contributed by atoms with Crippen LogP contribution in [0.15, 0.2) is 42.5 Å². The highest BCUT2D eigenvalue weighted by molar-refractivity contribution is 6.02. The van der Waals surface area contributed by atoms with E-state index in [0.29, 0.717) is 35.8 Å². The number of carbonyl (C=O) groups excluding carboxylic acids is 1. The Morgan fingerprint density at radius 3 is 2.43 bits per heavy atom. The van der Waals surface area contributed by atoms with E-state index in [1.807, 2.05) is 12.1 Å².